The zero-order chi connectivity index (χ0) is 14.7. The maximum Gasteiger partial charge on any atom is 0.287 e. The standard InChI is InChI=1S/C16H20N2O2S/c1-11-17-13(10-21-11)14-8-9-15(20-14)16(19)18-12-6-4-2-3-5-7-12/h8-10,12H,2-7H2,1H3,(H,18,19). The number of nitrogens with zero attached hydrogens (tertiary/aromatic N) is 1. The zero-order valence-electron chi connectivity index (χ0n) is 12.2. The Morgan fingerprint density at radius 3 is 2.71 bits per heavy atom. The molecule has 112 valence electrons. The predicted octanol–water partition coefficient (Wildman–Crippen LogP) is 4.16. The van der Waals surface area contributed by atoms with E-state index in [1.807, 2.05) is 18.4 Å². The number of carbonyl (C=O) groups excluding carboxylic acids is 1. The molecule has 0 aliphatic heterocycles. The first kappa shape index (κ1) is 14.3. The molecule has 2 aromatic heterocycles. The van der Waals surface area contributed by atoms with Crippen molar-refractivity contribution in [3.05, 3.63) is 28.3 Å². The zero-order valence-corrected chi connectivity index (χ0v) is 13.0. The Labute approximate surface area is 128 Å². The molecule has 21 heavy (non-hydrogen) atoms. The van der Waals surface area contributed by atoms with Gasteiger partial charge in [-0.25, -0.2) is 4.98 Å². The van der Waals surface area contributed by atoms with Crippen molar-refractivity contribution < 1.29 is 9.21 Å². The van der Waals surface area contributed by atoms with Gasteiger partial charge in [-0.2, -0.15) is 0 Å². The van der Waals surface area contributed by atoms with Crippen molar-refractivity contribution in [3.8, 4) is 11.5 Å². The molecule has 1 saturated carbocycles. The monoisotopic (exact) mass is 304 g/mol. The molecule has 0 aromatic carbocycles. The van der Waals surface area contributed by atoms with Crippen molar-refractivity contribution in [2.45, 2.75) is 51.5 Å². The summed E-state index contributed by atoms with van der Waals surface area (Å²) < 4.78 is 5.65. The molecule has 1 aliphatic rings. The van der Waals surface area contributed by atoms with Crippen LogP contribution in [0.1, 0.15) is 54.1 Å². The molecule has 0 atom stereocenters. The fourth-order valence-electron chi connectivity index (χ4n) is 2.75. The van der Waals surface area contributed by atoms with Crippen LogP contribution in [-0.4, -0.2) is 16.9 Å². The summed E-state index contributed by atoms with van der Waals surface area (Å²) in [5, 5.41) is 6.03. The Bertz CT molecular complexity index is 609. The van der Waals surface area contributed by atoms with E-state index in [1.165, 1.54) is 25.7 Å². The topological polar surface area (TPSA) is 55.1 Å². The first-order valence-electron chi connectivity index (χ1n) is 7.55. The maximum atomic E-state index is 12.3. The van der Waals surface area contributed by atoms with Gasteiger partial charge in [0.2, 0.25) is 0 Å². The second-order valence-corrected chi connectivity index (χ2v) is 6.64. The van der Waals surface area contributed by atoms with Crippen LogP contribution in [0.3, 0.4) is 0 Å². The highest BCUT2D eigenvalue weighted by atomic mass is 32.1. The number of rotatable bonds is 3. The molecule has 0 unspecified atom stereocenters. The van der Waals surface area contributed by atoms with Crippen molar-refractivity contribution in [1.82, 2.24) is 10.3 Å². The van der Waals surface area contributed by atoms with Crippen molar-refractivity contribution in [1.29, 1.82) is 0 Å². The van der Waals surface area contributed by atoms with Crippen LogP contribution in [0.15, 0.2) is 21.9 Å². The average molecular weight is 304 g/mol. The van der Waals surface area contributed by atoms with Crippen LogP contribution in [0.25, 0.3) is 11.5 Å². The first-order valence-corrected chi connectivity index (χ1v) is 8.43. The number of thiazole rings is 1. The lowest BCUT2D eigenvalue weighted by molar-refractivity contribution is 0.0906. The number of aryl methyl sites for hydroxylation is 1. The van der Waals surface area contributed by atoms with Crippen LogP contribution in [-0.2, 0) is 0 Å². The summed E-state index contributed by atoms with van der Waals surface area (Å²) in [5.41, 5.74) is 0.797. The number of amides is 1. The summed E-state index contributed by atoms with van der Waals surface area (Å²) in [5.74, 6) is 0.922. The SMILES string of the molecule is Cc1nc(-c2ccc(C(=O)NC3CCCCCC3)o2)cs1. The molecule has 5 heteroatoms. The molecule has 0 radical (unpaired) electrons. The van der Waals surface area contributed by atoms with Gasteiger partial charge in [-0.15, -0.1) is 11.3 Å². The molecule has 1 aliphatic carbocycles. The smallest absolute Gasteiger partial charge is 0.287 e. The minimum atomic E-state index is -0.111. The summed E-state index contributed by atoms with van der Waals surface area (Å²) in [6.45, 7) is 1.96. The van der Waals surface area contributed by atoms with E-state index in [0.717, 1.165) is 23.5 Å². The molecule has 1 N–H and O–H groups in total. The van der Waals surface area contributed by atoms with E-state index in [9.17, 15) is 4.79 Å². The van der Waals surface area contributed by atoms with Crippen LogP contribution in [0.2, 0.25) is 0 Å². The number of aromatic nitrogens is 1. The molecule has 1 amide bonds. The fraction of sp³-hybridized carbons (Fsp3) is 0.500. The third kappa shape index (κ3) is 3.53. The van der Waals surface area contributed by atoms with Crippen LogP contribution in [0, 0.1) is 6.92 Å². The minimum absolute atomic E-state index is 0.111. The number of furan rings is 1. The van der Waals surface area contributed by atoms with Crippen LogP contribution < -0.4 is 5.32 Å². The Morgan fingerprint density at radius 2 is 2.05 bits per heavy atom. The first-order chi connectivity index (χ1) is 10.2. The van der Waals surface area contributed by atoms with Gasteiger partial charge in [0.15, 0.2) is 11.5 Å². The normalized spacial score (nSPS) is 16.6. The van der Waals surface area contributed by atoms with Crippen molar-refractivity contribution in [3.63, 3.8) is 0 Å². The van der Waals surface area contributed by atoms with Gasteiger partial charge < -0.3 is 9.73 Å². The maximum absolute atomic E-state index is 12.3. The molecular formula is C16H20N2O2S. The van der Waals surface area contributed by atoms with Gasteiger partial charge in [0.1, 0.15) is 5.69 Å². The molecule has 0 bridgehead atoms. The third-order valence-corrected chi connectivity index (χ3v) is 4.67. The number of carbonyl (C=O) groups is 1. The lowest BCUT2D eigenvalue weighted by Gasteiger charge is -2.14. The minimum Gasteiger partial charge on any atom is -0.449 e. The number of hydrogen-bond donors (Lipinski definition) is 1. The summed E-state index contributed by atoms with van der Waals surface area (Å²) in [6, 6.07) is 3.84. The van der Waals surface area contributed by atoms with Gasteiger partial charge in [0.25, 0.3) is 5.91 Å². The van der Waals surface area contributed by atoms with Crippen LogP contribution in [0.5, 0.6) is 0 Å². The second kappa shape index (κ2) is 6.43. The van der Waals surface area contributed by atoms with E-state index in [1.54, 1.807) is 17.4 Å². The summed E-state index contributed by atoms with van der Waals surface area (Å²) >= 11 is 1.58. The second-order valence-electron chi connectivity index (χ2n) is 5.58. The van der Waals surface area contributed by atoms with Crippen molar-refractivity contribution in [2.24, 2.45) is 0 Å². The molecule has 0 saturated heterocycles. The van der Waals surface area contributed by atoms with Gasteiger partial charge in [-0.1, -0.05) is 25.7 Å². The van der Waals surface area contributed by atoms with E-state index in [0.29, 0.717) is 11.5 Å². The molecule has 1 fully saturated rings. The Morgan fingerprint density at radius 1 is 1.29 bits per heavy atom. The lowest BCUT2D eigenvalue weighted by atomic mass is 10.1. The highest BCUT2D eigenvalue weighted by Gasteiger charge is 2.18. The van der Waals surface area contributed by atoms with Crippen LogP contribution in [0.4, 0.5) is 0 Å². The molecule has 2 aromatic rings. The van der Waals surface area contributed by atoms with E-state index in [2.05, 4.69) is 10.3 Å². The highest BCUT2D eigenvalue weighted by molar-refractivity contribution is 7.09. The highest BCUT2D eigenvalue weighted by Crippen LogP contribution is 2.24. The van der Waals surface area contributed by atoms with Gasteiger partial charge in [-0.05, 0) is 31.9 Å². The summed E-state index contributed by atoms with van der Waals surface area (Å²) in [4.78, 5) is 16.6. The fourth-order valence-corrected chi connectivity index (χ4v) is 3.36. The number of hydrogen-bond acceptors (Lipinski definition) is 4. The van der Waals surface area contributed by atoms with E-state index < -0.39 is 0 Å². The number of nitrogens with one attached hydrogen (secondary N) is 1. The summed E-state index contributed by atoms with van der Waals surface area (Å²) in [7, 11) is 0. The van der Waals surface area contributed by atoms with Crippen molar-refractivity contribution >= 4 is 17.2 Å². The summed E-state index contributed by atoms with van der Waals surface area (Å²) in [6.07, 6.45) is 7.11. The molecule has 2 heterocycles. The van der Waals surface area contributed by atoms with E-state index in [4.69, 9.17) is 4.42 Å². The Balaban J connectivity index is 1.66. The van der Waals surface area contributed by atoms with Gasteiger partial charge in [0, 0.05) is 11.4 Å². The van der Waals surface area contributed by atoms with Crippen LogP contribution >= 0.6 is 11.3 Å². The largest absolute Gasteiger partial charge is 0.449 e. The quantitative estimate of drug-likeness (QED) is 0.866. The molecule has 0 spiro atoms. The molecular weight excluding hydrogens is 284 g/mol. The molecule has 4 nitrogen and oxygen atoms in total. The Hall–Kier alpha value is -1.62. The molecule has 3 rings (SSSR count). The predicted molar refractivity (Wildman–Crippen MR) is 83.5 cm³/mol. The van der Waals surface area contributed by atoms with Gasteiger partial charge in [-0.3, -0.25) is 4.79 Å². The van der Waals surface area contributed by atoms with E-state index >= 15 is 0 Å². The van der Waals surface area contributed by atoms with Gasteiger partial charge in [0.05, 0.1) is 5.01 Å². The third-order valence-electron chi connectivity index (χ3n) is 3.89. The van der Waals surface area contributed by atoms with Gasteiger partial charge >= 0.3 is 0 Å². The van der Waals surface area contributed by atoms with Crippen molar-refractivity contribution in [2.75, 3.05) is 0 Å². The lowest BCUT2D eigenvalue weighted by Crippen LogP contribution is -2.34. The van der Waals surface area contributed by atoms with E-state index in [-0.39, 0.29) is 11.9 Å². The Kier molecular flexibility index (Phi) is 4.39. The average Bonchev–Trinajstić information content (AvgIpc) is 3.04.